The van der Waals surface area contributed by atoms with E-state index in [1.54, 1.807) is 19.2 Å². The van der Waals surface area contributed by atoms with Crippen LogP contribution in [0.4, 0.5) is 0 Å². The van der Waals surface area contributed by atoms with Crippen LogP contribution >= 0.6 is 0 Å². The molecule has 0 amide bonds. The molecule has 6 nitrogen and oxygen atoms in total. The summed E-state index contributed by atoms with van der Waals surface area (Å²) in [5.41, 5.74) is 0.762. The second kappa shape index (κ2) is 8.12. The Balaban J connectivity index is 2.00. The summed E-state index contributed by atoms with van der Waals surface area (Å²) in [5, 5.41) is 4.06. The van der Waals surface area contributed by atoms with Crippen molar-refractivity contribution in [3.05, 3.63) is 58.0 Å². The van der Waals surface area contributed by atoms with Crippen molar-refractivity contribution in [1.82, 2.24) is 9.78 Å². The number of hydrogen-bond acceptors (Lipinski definition) is 5. The van der Waals surface area contributed by atoms with Crippen molar-refractivity contribution in [2.45, 2.75) is 32.9 Å². The number of aryl methyl sites for hydroxylation is 1. The van der Waals surface area contributed by atoms with Gasteiger partial charge >= 0.3 is 5.97 Å². The van der Waals surface area contributed by atoms with Crippen LogP contribution in [0.5, 0.6) is 5.75 Å². The minimum absolute atomic E-state index is 0.134. The van der Waals surface area contributed by atoms with Gasteiger partial charge in [0, 0.05) is 12.6 Å². The molecule has 2 aromatic rings. The first kappa shape index (κ1) is 16.7. The van der Waals surface area contributed by atoms with E-state index >= 15 is 0 Å². The number of carbonyl (C=O) groups excluding carboxylic acids is 1. The highest BCUT2D eigenvalue weighted by molar-refractivity contribution is 5.86. The number of unbranched alkanes of at least 4 members (excludes halogenated alkanes) is 1. The number of benzene rings is 1. The summed E-state index contributed by atoms with van der Waals surface area (Å²) in [4.78, 5) is 23.7. The molecule has 0 aliphatic heterocycles. The zero-order valence-electron chi connectivity index (χ0n) is 13.3. The average Bonchev–Trinajstić information content (AvgIpc) is 2.59. The highest BCUT2D eigenvalue weighted by Crippen LogP contribution is 2.12. The molecule has 0 saturated carbocycles. The number of hydrogen-bond donors (Lipinski definition) is 0. The van der Waals surface area contributed by atoms with Gasteiger partial charge < -0.3 is 9.47 Å². The van der Waals surface area contributed by atoms with Crippen LogP contribution in [0.15, 0.2) is 41.2 Å². The van der Waals surface area contributed by atoms with Gasteiger partial charge in [0.1, 0.15) is 12.4 Å². The van der Waals surface area contributed by atoms with E-state index in [1.165, 1.54) is 16.8 Å². The molecule has 0 radical (unpaired) electrons. The number of carbonyl (C=O) groups is 1. The van der Waals surface area contributed by atoms with E-state index in [1.807, 2.05) is 19.1 Å². The van der Waals surface area contributed by atoms with E-state index in [0.717, 1.165) is 24.2 Å². The standard InChI is InChI=1S/C17H20N2O4/c1-3-4-11-19-16(20)10-9-15(18-19)17(21)23-12-13-5-7-14(22-2)8-6-13/h5-10H,3-4,11-12H2,1-2H3. The monoisotopic (exact) mass is 316 g/mol. The molecular weight excluding hydrogens is 296 g/mol. The summed E-state index contributed by atoms with van der Waals surface area (Å²) in [6, 6.07) is 9.97. The molecule has 1 aromatic carbocycles. The van der Waals surface area contributed by atoms with Gasteiger partial charge in [-0.2, -0.15) is 5.10 Å². The van der Waals surface area contributed by atoms with Gasteiger partial charge in [-0.05, 0) is 30.2 Å². The first-order chi connectivity index (χ1) is 11.1. The van der Waals surface area contributed by atoms with E-state index in [0.29, 0.717) is 6.54 Å². The summed E-state index contributed by atoms with van der Waals surface area (Å²) < 4.78 is 11.6. The van der Waals surface area contributed by atoms with Crippen molar-refractivity contribution in [3.63, 3.8) is 0 Å². The minimum atomic E-state index is -0.550. The molecule has 23 heavy (non-hydrogen) atoms. The number of methoxy groups -OCH3 is 1. The minimum Gasteiger partial charge on any atom is -0.497 e. The lowest BCUT2D eigenvalue weighted by atomic mass is 10.2. The first-order valence-corrected chi connectivity index (χ1v) is 7.52. The van der Waals surface area contributed by atoms with Crippen LogP contribution in [-0.2, 0) is 17.9 Å². The molecule has 0 saturated heterocycles. The average molecular weight is 316 g/mol. The maximum Gasteiger partial charge on any atom is 0.359 e. The van der Waals surface area contributed by atoms with Gasteiger partial charge in [0.25, 0.3) is 5.56 Å². The molecule has 0 aliphatic rings. The van der Waals surface area contributed by atoms with Gasteiger partial charge in [0.05, 0.1) is 7.11 Å². The normalized spacial score (nSPS) is 10.3. The Labute approximate surface area is 134 Å². The van der Waals surface area contributed by atoms with Crippen LogP contribution in [0.1, 0.15) is 35.8 Å². The fourth-order valence-electron chi connectivity index (χ4n) is 1.97. The molecule has 122 valence electrons. The first-order valence-electron chi connectivity index (χ1n) is 7.52. The molecule has 0 atom stereocenters. The number of ether oxygens (including phenoxy) is 2. The molecular formula is C17H20N2O4. The topological polar surface area (TPSA) is 70.4 Å². The third kappa shape index (κ3) is 4.67. The van der Waals surface area contributed by atoms with Gasteiger partial charge in [0.15, 0.2) is 5.69 Å². The van der Waals surface area contributed by atoms with Gasteiger partial charge in [-0.25, -0.2) is 9.48 Å². The van der Waals surface area contributed by atoms with Crippen LogP contribution in [0.25, 0.3) is 0 Å². The molecule has 0 N–H and O–H groups in total. The number of rotatable bonds is 7. The third-order valence-corrected chi connectivity index (χ3v) is 3.33. The maximum atomic E-state index is 12.1. The van der Waals surface area contributed by atoms with Crippen molar-refractivity contribution < 1.29 is 14.3 Å². The Morgan fingerprint density at radius 1 is 1.17 bits per heavy atom. The van der Waals surface area contributed by atoms with Crippen LogP contribution in [0.3, 0.4) is 0 Å². The van der Waals surface area contributed by atoms with Crippen molar-refractivity contribution in [3.8, 4) is 5.75 Å². The van der Waals surface area contributed by atoms with Crippen LogP contribution in [0.2, 0.25) is 0 Å². The lowest BCUT2D eigenvalue weighted by Gasteiger charge is -2.07. The smallest absolute Gasteiger partial charge is 0.359 e. The molecule has 0 fully saturated rings. The second-order valence-corrected chi connectivity index (χ2v) is 5.06. The van der Waals surface area contributed by atoms with E-state index in [9.17, 15) is 9.59 Å². The summed E-state index contributed by atoms with van der Waals surface area (Å²) in [6.07, 6.45) is 1.78. The van der Waals surface area contributed by atoms with Crippen LogP contribution in [0, 0.1) is 0 Å². The highest BCUT2D eigenvalue weighted by Gasteiger charge is 2.11. The zero-order chi connectivity index (χ0) is 16.7. The van der Waals surface area contributed by atoms with Gasteiger partial charge in [-0.3, -0.25) is 4.79 Å². The summed E-state index contributed by atoms with van der Waals surface area (Å²) in [6.45, 7) is 2.66. The Morgan fingerprint density at radius 3 is 2.57 bits per heavy atom. The summed E-state index contributed by atoms with van der Waals surface area (Å²) >= 11 is 0. The van der Waals surface area contributed by atoms with Gasteiger partial charge in [0.2, 0.25) is 0 Å². The van der Waals surface area contributed by atoms with Crippen molar-refractivity contribution in [2.75, 3.05) is 7.11 Å². The molecule has 2 rings (SSSR count). The Bertz CT molecular complexity index is 707. The highest BCUT2D eigenvalue weighted by atomic mass is 16.5. The molecule has 0 bridgehead atoms. The largest absolute Gasteiger partial charge is 0.497 e. The van der Waals surface area contributed by atoms with Crippen LogP contribution in [-0.4, -0.2) is 22.9 Å². The molecule has 0 unspecified atom stereocenters. The fourth-order valence-corrected chi connectivity index (χ4v) is 1.97. The third-order valence-electron chi connectivity index (χ3n) is 3.33. The number of esters is 1. The molecule has 6 heteroatoms. The molecule has 1 heterocycles. The maximum absolute atomic E-state index is 12.1. The fraction of sp³-hybridized carbons (Fsp3) is 0.353. The quantitative estimate of drug-likeness (QED) is 0.734. The Kier molecular flexibility index (Phi) is 5.91. The SMILES string of the molecule is CCCCn1nc(C(=O)OCc2ccc(OC)cc2)ccc1=O. The van der Waals surface area contributed by atoms with Gasteiger partial charge in [-0.1, -0.05) is 25.5 Å². The number of nitrogens with zero attached hydrogens (tertiary/aromatic N) is 2. The predicted octanol–water partition coefficient (Wildman–Crippen LogP) is 2.41. The second-order valence-electron chi connectivity index (χ2n) is 5.06. The lowest BCUT2D eigenvalue weighted by molar-refractivity contribution is 0.0462. The summed E-state index contributed by atoms with van der Waals surface area (Å²) in [7, 11) is 1.59. The van der Waals surface area contributed by atoms with Gasteiger partial charge in [-0.15, -0.1) is 0 Å². The van der Waals surface area contributed by atoms with Crippen molar-refractivity contribution >= 4 is 5.97 Å². The molecule has 1 aromatic heterocycles. The zero-order valence-corrected chi connectivity index (χ0v) is 13.3. The van der Waals surface area contributed by atoms with E-state index < -0.39 is 5.97 Å². The molecule has 0 aliphatic carbocycles. The van der Waals surface area contributed by atoms with E-state index in [-0.39, 0.29) is 17.9 Å². The number of aromatic nitrogens is 2. The predicted molar refractivity (Wildman–Crippen MR) is 85.5 cm³/mol. The lowest BCUT2D eigenvalue weighted by Crippen LogP contribution is -2.25. The van der Waals surface area contributed by atoms with E-state index in [4.69, 9.17) is 9.47 Å². The van der Waals surface area contributed by atoms with Crippen molar-refractivity contribution in [2.24, 2.45) is 0 Å². The van der Waals surface area contributed by atoms with Crippen molar-refractivity contribution in [1.29, 1.82) is 0 Å². The van der Waals surface area contributed by atoms with E-state index in [2.05, 4.69) is 5.10 Å². The Morgan fingerprint density at radius 2 is 1.91 bits per heavy atom. The molecule has 0 spiro atoms. The summed E-state index contributed by atoms with van der Waals surface area (Å²) in [5.74, 6) is 0.191. The Hall–Kier alpha value is -2.63. The van der Waals surface area contributed by atoms with Crippen LogP contribution < -0.4 is 10.3 Å².